The van der Waals surface area contributed by atoms with Gasteiger partial charge in [-0.25, -0.2) is 0 Å². The van der Waals surface area contributed by atoms with Crippen molar-refractivity contribution in [3.63, 3.8) is 0 Å². The second-order valence-corrected chi connectivity index (χ2v) is 5.53. The van der Waals surface area contributed by atoms with E-state index >= 15 is 0 Å². The van der Waals surface area contributed by atoms with Gasteiger partial charge in [0.25, 0.3) is 0 Å². The van der Waals surface area contributed by atoms with E-state index in [0.717, 1.165) is 11.3 Å². The molecular weight excluding hydrogens is 314 g/mol. The van der Waals surface area contributed by atoms with Crippen molar-refractivity contribution >= 4 is 17.7 Å². The number of esters is 1. The van der Waals surface area contributed by atoms with Gasteiger partial charge in [0.15, 0.2) is 11.6 Å². The highest BCUT2D eigenvalue weighted by molar-refractivity contribution is 7.99. The topological polar surface area (TPSA) is 81.0 Å². The molecule has 0 atom stereocenters. The number of carbonyl (C=O) groups is 1. The Morgan fingerprint density at radius 1 is 1.22 bits per heavy atom. The predicted octanol–water partition coefficient (Wildman–Crippen LogP) is 3.39. The van der Waals surface area contributed by atoms with Crippen molar-refractivity contribution in [3.8, 4) is 22.9 Å². The third-order valence-corrected chi connectivity index (χ3v) is 3.81. The van der Waals surface area contributed by atoms with Crippen molar-refractivity contribution in [1.82, 2.24) is 15.2 Å². The van der Waals surface area contributed by atoms with Crippen LogP contribution in [0, 0.1) is 0 Å². The molecule has 2 aromatic heterocycles. The normalized spacial score (nSPS) is 10.7. The Morgan fingerprint density at radius 3 is 2.78 bits per heavy atom. The molecule has 3 aromatic rings. The van der Waals surface area contributed by atoms with E-state index in [2.05, 4.69) is 15.2 Å². The number of aromatic nitrogens is 3. The first kappa shape index (κ1) is 15.4. The molecule has 2 heterocycles. The van der Waals surface area contributed by atoms with E-state index in [4.69, 9.17) is 9.15 Å². The zero-order valence-electron chi connectivity index (χ0n) is 12.5. The highest BCUT2D eigenvalue weighted by atomic mass is 32.2. The van der Waals surface area contributed by atoms with Crippen LogP contribution in [0.5, 0.6) is 0 Å². The summed E-state index contributed by atoms with van der Waals surface area (Å²) >= 11 is 1.22. The van der Waals surface area contributed by atoms with Crippen molar-refractivity contribution in [1.29, 1.82) is 0 Å². The maximum Gasteiger partial charge on any atom is 0.316 e. The quantitative estimate of drug-likeness (QED) is 0.551. The number of furan rings is 1. The fourth-order valence-electron chi connectivity index (χ4n) is 1.97. The number of thioether (sulfide) groups is 1. The van der Waals surface area contributed by atoms with Gasteiger partial charge in [0, 0.05) is 5.56 Å². The van der Waals surface area contributed by atoms with Gasteiger partial charge in [0.1, 0.15) is 5.76 Å². The second kappa shape index (κ2) is 7.15. The molecule has 1 aromatic carbocycles. The van der Waals surface area contributed by atoms with Crippen LogP contribution in [0.1, 0.15) is 6.92 Å². The molecule has 0 fully saturated rings. The van der Waals surface area contributed by atoms with Gasteiger partial charge in [-0.1, -0.05) is 42.1 Å². The van der Waals surface area contributed by atoms with Crippen LogP contribution < -0.4 is 0 Å². The molecule has 6 nitrogen and oxygen atoms in total. The van der Waals surface area contributed by atoms with Gasteiger partial charge < -0.3 is 9.15 Å². The van der Waals surface area contributed by atoms with Gasteiger partial charge in [0.2, 0.25) is 5.16 Å². The minimum absolute atomic E-state index is 0.179. The minimum Gasteiger partial charge on any atom is -0.465 e. The number of H-pyrrole nitrogens is 1. The lowest BCUT2D eigenvalue weighted by molar-refractivity contribution is -0.139. The summed E-state index contributed by atoms with van der Waals surface area (Å²) in [5.74, 6) is 1.78. The number of nitrogens with zero attached hydrogens (tertiary/aromatic N) is 2. The fourth-order valence-corrected chi connectivity index (χ4v) is 2.57. The number of aromatic amines is 1. The van der Waals surface area contributed by atoms with E-state index in [1.165, 1.54) is 11.8 Å². The van der Waals surface area contributed by atoms with Crippen LogP contribution in [-0.2, 0) is 9.53 Å². The van der Waals surface area contributed by atoms with Gasteiger partial charge in [-0.05, 0) is 19.1 Å². The van der Waals surface area contributed by atoms with Crippen LogP contribution in [0.2, 0.25) is 0 Å². The van der Waals surface area contributed by atoms with E-state index < -0.39 is 0 Å². The number of rotatable bonds is 6. The number of hydrogen-bond acceptors (Lipinski definition) is 6. The summed E-state index contributed by atoms with van der Waals surface area (Å²) in [6, 6.07) is 13.5. The molecule has 7 heteroatoms. The van der Waals surface area contributed by atoms with E-state index in [9.17, 15) is 4.79 Å². The predicted molar refractivity (Wildman–Crippen MR) is 86.9 cm³/mol. The van der Waals surface area contributed by atoms with Crippen molar-refractivity contribution in [2.24, 2.45) is 0 Å². The molecule has 0 spiro atoms. The summed E-state index contributed by atoms with van der Waals surface area (Å²) in [6.07, 6.45) is 0. The number of hydrogen-bond donors (Lipinski definition) is 1. The molecule has 118 valence electrons. The van der Waals surface area contributed by atoms with Crippen LogP contribution in [-0.4, -0.2) is 33.5 Å². The molecule has 0 bridgehead atoms. The van der Waals surface area contributed by atoms with Crippen LogP contribution in [0.4, 0.5) is 0 Å². The Morgan fingerprint density at radius 2 is 2.00 bits per heavy atom. The SMILES string of the molecule is CCOC(=O)CSc1n[nH]c(-c2ccc(-c3ccccc3)o2)n1. The van der Waals surface area contributed by atoms with E-state index in [1.54, 1.807) is 6.92 Å². The molecule has 0 aliphatic heterocycles. The third kappa shape index (κ3) is 3.81. The van der Waals surface area contributed by atoms with E-state index in [0.29, 0.717) is 23.3 Å². The van der Waals surface area contributed by atoms with Gasteiger partial charge >= 0.3 is 5.97 Å². The molecule has 3 rings (SSSR count). The van der Waals surface area contributed by atoms with Gasteiger partial charge in [-0.2, -0.15) is 4.98 Å². The standard InChI is InChI=1S/C16H15N3O3S/c1-2-21-14(20)10-23-16-17-15(18-19-16)13-9-8-12(22-13)11-6-4-3-5-7-11/h3-9H,2,10H2,1H3,(H,17,18,19). The van der Waals surface area contributed by atoms with Gasteiger partial charge in [-0.15, -0.1) is 5.10 Å². The highest BCUT2D eigenvalue weighted by Crippen LogP contribution is 2.27. The van der Waals surface area contributed by atoms with Crippen LogP contribution in [0.15, 0.2) is 52.0 Å². The minimum atomic E-state index is -0.284. The maximum absolute atomic E-state index is 11.3. The average Bonchev–Trinajstić information content (AvgIpc) is 3.23. The number of ether oxygens (including phenoxy) is 1. The Balaban J connectivity index is 1.69. The van der Waals surface area contributed by atoms with Crippen molar-refractivity contribution in [2.45, 2.75) is 12.1 Å². The summed E-state index contributed by atoms with van der Waals surface area (Å²) in [4.78, 5) is 15.6. The average molecular weight is 329 g/mol. The number of nitrogens with one attached hydrogen (secondary N) is 1. The molecule has 23 heavy (non-hydrogen) atoms. The summed E-state index contributed by atoms with van der Waals surface area (Å²) in [5.41, 5.74) is 0.996. The van der Waals surface area contributed by atoms with Crippen molar-refractivity contribution in [2.75, 3.05) is 12.4 Å². The number of benzene rings is 1. The first-order chi connectivity index (χ1) is 11.3. The summed E-state index contributed by atoms with van der Waals surface area (Å²) in [6.45, 7) is 2.14. The Kier molecular flexibility index (Phi) is 4.77. The van der Waals surface area contributed by atoms with E-state index in [1.807, 2.05) is 42.5 Å². The second-order valence-electron chi connectivity index (χ2n) is 4.59. The van der Waals surface area contributed by atoms with Crippen molar-refractivity contribution < 1.29 is 13.9 Å². The summed E-state index contributed by atoms with van der Waals surface area (Å²) < 4.78 is 10.7. The molecule has 0 amide bonds. The molecule has 1 N–H and O–H groups in total. The third-order valence-electron chi connectivity index (χ3n) is 2.99. The van der Waals surface area contributed by atoms with Crippen molar-refractivity contribution in [3.05, 3.63) is 42.5 Å². The van der Waals surface area contributed by atoms with Crippen LogP contribution in [0.25, 0.3) is 22.9 Å². The molecule has 0 radical (unpaired) electrons. The fraction of sp³-hybridized carbons (Fsp3) is 0.188. The van der Waals surface area contributed by atoms with Gasteiger partial charge in [0.05, 0.1) is 12.4 Å². The number of carbonyl (C=O) groups excluding carboxylic acids is 1. The lowest BCUT2D eigenvalue weighted by Crippen LogP contribution is -2.06. The Bertz CT molecular complexity index is 783. The maximum atomic E-state index is 11.3. The molecule has 0 saturated carbocycles. The summed E-state index contributed by atoms with van der Waals surface area (Å²) in [7, 11) is 0. The highest BCUT2D eigenvalue weighted by Gasteiger charge is 2.12. The lowest BCUT2D eigenvalue weighted by Gasteiger charge is -1.97. The van der Waals surface area contributed by atoms with Crippen LogP contribution in [0.3, 0.4) is 0 Å². The zero-order valence-corrected chi connectivity index (χ0v) is 13.3. The molecule has 0 unspecified atom stereocenters. The molecular formula is C16H15N3O3S. The lowest BCUT2D eigenvalue weighted by atomic mass is 10.2. The molecule has 0 aliphatic carbocycles. The van der Waals surface area contributed by atoms with Crippen LogP contribution >= 0.6 is 11.8 Å². The smallest absolute Gasteiger partial charge is 0.316 e. The molecule has 0 aliphatic rings. The molecule has 0 saturated heterocycles. The first-order valence-corrected chi connectivity index (χ1v) is 8.11. The van der Waals surface area contributed by atoms with Gasteiger partial charge in [-0.3, -0.25) is 9.89 Å². The monoisotopic (exact) mass is 329 g/mol. The zero-order chi connectivity index (χ0) is 16.1. The first-order valence-electron chi connectivity index (χ1n) is 7.12. The Hall–Kier alpha value is -2.54. The van der Waals surface area contributed by atoms with E-state index in [-0.39, 0.29) is 11.7 Å². The Labute approximate surface area is 137 Å². The summed E-state index contributed by atoms with van der Waals surface area (Å²) in [5, 5.41) is 7.36. The largest absolute Gasteiger partial charge is 0.465 e.